The van der Waals surface area contributed by atoms with Crippen molar-refractivity contribution in [1.29, 1.82) is 0 Å². The number of hydrogen-bond acceptors (Lipinski definition) is 2. The molecule has 0 aliphatic rings. The number of aryl methyl sites for hydroxylation is 1. The fraction of sp³-hybridized carbons (Fsp3) is 0.529. The van der Waals surface area contributed by atoms with Gasteiger partial charge in [-0.05, 0) is 39.3 Å². The normalized spacial score (nSPS) is 12.6. The van der Waals surface area contributed by atoms with Gasteiger partial charge >= 0.3 is 0 Å². The van der Waals surface area contributed by atoms with Gasteiger partial charge in [0.15, 0.2) is 0 Å². The first kappa shape index (κ1) is 15.5. The van der Waals surface area contributed by atoms with E-state index in [0.29, 0.717) is 0 Å². The van der Waals surface area contributed by atoms with Gasteiger partial charge < -0.3 is 9.47 Å². The minimum absolute atomic E-state index is 0.167. The van der Waals surface area contributed by atoms with Crippen LogP contribution in [0.15, 0.2) is 24.3 Å². The molecule has 0 saturated heterocycles. The lowest BCUT2D eigenvalue weighted by atomic mass is 10.2. The maximum Gasteiger partial charge on any atom is 0.245 e. The van der Waals surface area contributed by atoms with E-state index in [4.69, 9.17) is 4.98 Å². The van der Waals surface area contributed by atoms with Crippen LogP contribution in [0.5, 0.6) is 0 Å². The predicted octanol–water partition coefficient (Wildman–Crippen LogP) is 3.42. The second kappa shape index (κ2) is 6.74. The van der Waals surface area contributed by atoms with Crippen molar-refractivity contribution >= 4 is 16.9 Å². The van der Waals surface area contributed by atoms with Gasteiger partial charge in [0.25, 0.3) is 0 Å². The number of likely N-dealkylation sites (N-methyl/N-ethyl adjacent to an activating group) is 1. The van der Waals surface area contributed by atoms with Gasteiger partial charge in [-0.1, -0.05) is 19.1 Å². The summed E-state index contributed by atoms with van der Waals surface area (Å²) in [6.07, 6.45) is 1.92. The van der Waals surface area contributed by atoms with Gasteiger partial charge in [0.05, 0.1) is 11.0 Å². The second-order valence-corrected chi connectivity index (χ2v) is 5.32. The van der Waals surface area contributed by atoms with Crippen molar-refractivity contribution in [3.05, 3.63) is 30.1 Å². The highest BCUT2D eigenvalue weighted by molar-refractivity contribution is 5.84. The van der Waals surface area contributed by atoms with E-state index in [9.17, 15) is 4.79 Å². The SMILES string of the molecule is CCCc1nc2ccccc2n1C(C)C(=O)N(CC)CC. The molecule has 21 heavy (non-hydrogen) atoms. The van der Waals surface area contributed by atoms with Crippen LogP contribution in [0.3, 0.4) is 0 Å². The quantitative estimate of drug-likeness (QED) is 0.816. The number of aromatic nitrogens is 2. The molecule has 0 aliphatic heterocycles. The zero-order valence-corrected chi connectivity index (χ0v) is 13.5. The Morgan fingerprint density at radius 2 is 1.90 bits per heavy atom. The average molecular weight is 287 g/mol. The van der Waals surface area contributed by atoms with E-state index in [1.54, 1.807) is 0 Å². The molecule has 0 saturated carbocycles. The van der Waals surface area contributed by atoms with Crippen molar-refractivity contribution in [3.63, 3.8) is 0 Å². The molecule has 1 aromatic heterocycles. The number of rotatable bonds is 6. The summed E-state index contributed by atoms with van der Waals surface area (Å²) in [7, 11) is 0. The van der Waals surface area contributed by atoms with Gasteiger partial charge in [-0.25, -0.2) is 4.98 Å². The molecule has 1 amide bonds. The van der Waals surface area contributed by atoms with Gasteiger partial charge in [-0.15, -0.1) is 0 Å². The third-order valence-corrected chi connectivity index (χ3v) is 3.96. The Balaban J connectivity index is 2.47. The summed E-state index contributed by atoms with van der Waals surface area (Å²) in [6.45, 7) is 9.65. The number of carbonyl (C=O) groups excluding carboxylic acids is 1. The average Bonchev–Trinajstić information content (AvgIpc) is 2.86. The summed E-state index contributed by atoms with van der Waals surface area (Å²) >= 11 is 0. The van der Waals surface area contributed by atoms with Crippen molar-refractivity contribution in [2.75, 3.05) is 13.1 Å². The number of benzene rings is 1. The molecule has 1 aromatic carbocycles. The molecule has 1 heterocycles. The predicted molar refractivity (Wildman–Crippen MR) is 86.4 cm³/mol. The van der Waals surface area contributed by atoms with Crippen LogP contribution in [0.4, 0.5) is 0 Å². The summed E-state index contributed by atoms with van der Waals surface area (Å²) in [6, 6.07) is 7.85. The molecule has 2 rings (SSSR count). The summed E-state index contributed by atoms with van der Waals surface area (Å²) < 4.78 is 2.11. The summed E-state index contributed by atoms with van der Waals surface area (Å²) in [5, 5.41) is 0. The van der Waals surface area contributed by atoms with Crippen molar-refractivity contribution in [3.8, 4) is 0 Å². The third kappa shape index (κ3) is 2.94. The Kier molecular flexibility index (Phi) is 4.99. The fourth-order valence-electron chi connectivity index (χ4n) is 2.84. The van der Waals surface area contributed by atoms with Crippen molar-refractivity contribution in [2.24, 2.45) is 0 Å². The lowest BCUT2D eigenvalue weighted by molar-refractivity contribution is -0.133. The molecule has 0 spiro atoms. The number of amides is 1. The van der Waals surface area contributed by atoms with Crippen LogP contribution in [0.25, 0.3) is 11.0 Å². The van der Waals surface area contributed by atoms with Crippen LogP contribution >= 0.6 is 0 Å². The summed E-state index contributed by atoms with van der Waals surface area (Å²) in [5.74, 6) is 1.17. The Hall–Kier alpha value is -1.84. The van der Waals surface area contributed by atoms with Gasteiger partial charge in [0.1, 0.15) is 11.9 Å². The van der Waals surface area contributed by atoms with Crippen LogP contribution in [-0.2, 0) is 11.2 Å². The van der Waals surface area contributed by atoms with E-state index >= 15 is 0 Å². The number of imidazole rings is 1. The summed E-state index contributed by atoms with van der Waals surface area (Å²) in [4.78, 5) is 19.3. The van der Waals surface area contributed by atoms with E-state index in [1.165, 1.54) is 0 Å². The van der Waals surface area contributed by atoms with Gasteiger partial charge in [0, 0.05) is 19.5 Å². The highest BCUT2D eigenvalue weighted by Gasteiger charge is 2.23. The van der Waals surface area contributed by atoms with Crippen molar-refractivity contribution in [1.82, 2.24) is 14.5 Å². The van der Waals surface area contributed by atoms with Crippen LogP contribution < -0.4 is 0 Å². The van der Waals surface area contributed by atoms with Crippen LogP contribution in [-0.4, -0.2) is 33.4 Å². The van der Waals surface area contributed by atoms with Crippen molar-refractivity contribution in [2.45, 2.75) is 46.6 Å². The molecule has 4 nitrogen and oxygen atoms in total. The van der Waals surface area contributed by atoms with E-state index < -0.39 is 0 Å². The first-order valence-electron chi connectivity index (χ1n) is 7.88. The maximum atomic E-state index is 12.7. The van der Waals surface area contributed by atoms with Crippen LogP contribution in [0.1, 0.15) is 46.0 Å². The monoisotopic (exact) mass is 287 g/mol. The lowest BCUT2D eigenvalue weighted by Crippen LogP contribution is -2.36. The second-order valence-electron chi connectivity index (χ2n) is 5.32. The van der Waals surface area contributed by atoms with Crippen molar-refractivity contribution < 1.29 is 4.79 Å². The van der Waals surface area contributed by atoms with Gasteiger partial charge in [-0.3, -0.25) is 4.79 Å². The highest BCUT2D eigenvalue weighted by atomic mass is 16.2. The minimum atomic E-state index is -0.209. The molecule has 2 aromatic rings. The molecule has 0 fully saturated rings. The zero-order valence-electron chi connectivity index (χ0n) is 13.5. The molecular weight excluding hydrogens is 262 g/mol. The topological polar surface area (TPSA) is 38.1 Å². The molecule has 0 aliphatic carbocycles. The molecule has 1 atom stereocenters. The lowest BCUT2D eigenvalue weighted by Gasteiger charge is -2.25. The van der Waals surface area contributed by atoms with Gasteiger partial charge in [-0.2, -0.15) is 0 Å². The van der Waals surface area contributed by atoms with E-state index in [1.807, 2.05) is 49.9 Å². The Labute approximate surface area is 126 Å². The first-order chi connectivity index (χ1) is 10.1. The van der Waals surface area contributed by atoms with Crippen LogP contribution in [0.2, 0.25) is 0 Å². The molecular formula is C17H25N3O. The van der Waals surface area contributed by atoms with E-state index in [0.717, 1.165) is 42.8 Å². The Bertz CT molecular complexity index is 614. The van der Waals surface area contributed by atoms with E-state index in [2.05, 4.69) is 11.5 Å². The number of carbonyl (C=O) groups is 1. The molecule has 1 unspecified atom stereocenters. The number of para-hydroxylation sites is 2. The Morgan fingerprint density at radius 1 is 1.24 bits per heavy atom. The number of hydrogen-bond donors (Lipinski definition) is 0. The van der Waals surface area contributed by atoms with Crippen LogP contribution in [0, 0.1) is 0 Å². The van der Waals surface area contributed by atoms with E-state index in [-0.39, 0.29) is 11.9 Å². The smallest absolute Gasteiger partial charge is 0.245 e. The standard InChI is InChI=1S/C17H25N3O/c1-5-10-16-18-14-11-8-9-12-15(14)20(16)13(4)17(21)19(6-2)7-3/h8-9,11-13H,5-7,10H2,1-4H3. The maximum absolute atomic E-state index is 12.7. The Morgan fingerprint density at radius 3 is 2.52 bits per heavy atom. The highest BCUT2D eigenvalue weighted by Crippen LogP contribution is 2.23. The molecule has 0 N–H and O–H groups in total. The largest absolute Gasteiger partial charge is 0.341 e. The zero-order chi connectivity index (χ0) is 15.4. The first-order valence-corrected chi connectivity index (χ1v) is 7.88. The fourth-order valence-corrected chi connectivity index (χ4v) is 2.84. The molecule has 114 valence electrons. The minimum Gasteiger partial charge on any atom is -0.341 e. The molecule has 0 bridgehead atoms. The third-order valence-electron chi connectivity index (χ3n) is 3.96. The number of fused-ring (bicyclic) bond motifs is 1. The molecule has 0 radical (unpaired) electrons. The molecule has 4 heteroatoms. The summed E-state index contributed by atoms with van der Waals surface area (Å²) in [5.41, 5.74) is 2.02. The number of nitrogens with zero attached hydrogens (tertiary/aromatic N) is 3. The van der Waals surface area contributed by atoms with Gasteiger partial charge in [0.2, 0.25) is 5.91 Å².